The largest absolute Gasteiger partial charge is 0.306 e. The Kier molecular flexibility index (Phi) is 10.5. The van der Waals surface area contributed by atoms with E-state index in [0.717, 1.165) is 0 Å². The Balaban J connectivity index is 3.15. The van der Waals surface area contributed by atoms with Crippen LogP contribution in [0.3, 0.4) is 0 Å². The highest BCUT2D eigenvalue weighted by molar-refractivity contribution is 4.76. The van der Waals surface area contributed by atoms with Crippen molar-refractivity contribution in [2.45, 2.75) is 52.4 Å². The fourth-order valence-corrected chi connectivity index (χ4v) is 1.57. The Morgan fingerprint density at radius 3 is 2.36 bits per heavy atom. The lowest BCUT2D eigenvalue weighted by molar-refractivity contribution is 0.321. The maximum atomic E-state index is 2.46. The van der Waals surface area contributed by atoms with Gasteiger partial charge in [0.15, 0.2) is 0 Å². The van der Waals surface area contributed by atoms with E-state index in [0.29, 0.717) is 0 Å². The second kappa shape index (κ2) is 10.8. The summed E-state index contributed by atoms with van der Waals surface area (Å²) in [7, 11) is 2.24. The lowest BCUT2D eigenvalue weighted by atomic mass is 10.2. The molecule has 0 radical (unpaired) electrons. The van der Waals surface area contributed by atoms with Gasteiger partial charge in [-0.2, -0.15) is 0 Å². The minimum atomic E-state index is 1.23. The molecule has 0 aromatic carbocycles. The van der Waals surface area contributed by atoms with Gasteiger partial charge < -0.3 is 4.90 Å². The average molecular weight is 197 g/mol. The van der Waals surface area contributed by atoms with E-state index in [-0.39, 0.29) is 0 Å². The molecule has 84 valence electrons. The fourth-order valence-electron chi connectivity index (χ4n) is 1.57. The van der Waals surface area contributed by atoms with Crippen LogP contribution < -0.4 is 0 Å². The van der Waals surface area contributed by atoms with Gasteiger partial charge in [-0.05, 0) is 46.3 Å². The summed E-state index contributed by atoms with van der Waals surface area (Å²) in [4.78, 5) is 2.46. The predicted octanol–water partition coefficient (Wildman–Crippen LogP) is 3.85. The smallest absolute Gasteiger partial charge is 0.00188 e. The van der Waals surface area contributed by atoms with Crippen molar-refractivity contribution in [1.29, 1.82) is 0 Å². The number of hydrogen-bond acceptors (Lipinski definition) is 1. The van der Waals surface area contributed by atoms with Crippen LogP contribution in [0.4, 0.5) is 0 Å². The highest BCUT2D eigenvalue weighted by atomic mass is 15.1. The summed E-state index contributed by atoms with van der Waals surface area (Å²) in [6, 6.07) is 0. The van der Waals surface area contributed by atoms with Crippen molar-refractivity contribution >= 4 is 0 Å². The highest BCUT2D eigenvalue weighted by Crippen LogP contribution is 2.01. The molecule has 0 aliphatic heterocycles. The number of unbranched alkanes of at least 4 members (excludes halogenated alkanes) is 4. The zero-order valence-corrected chi connectivity index (χ0v) is 10.3. The first kappa shape index (κ1) is 13.7. The summed E-state index contributed by atoms with van der Waals surface area (Å²) in [5.74, 6) is 0. The van der Waals surface area contributed by atoms with Gasteiger partial charge in [-0.1, -0.05) is 38.3 Å². The standard InChI is InChI=1S/C13H27N/c1-4-6-8-10-12-14(3)13-11-9-7-5-2/h4,6H,5,7-13H2,1-3H3/b6-4+. The van der Waals surface area contributed by atoms with Crippen LogP contribution in [0, 0.1) is 0 Å². The van der Waals surface area contributed by atoms with Crippen molar-refractivity contribution in [3.05, 3.63) is 12.2 Å². The van der Waals surface area contributed by atoms with E-state index < -0.39 is 0 Å². The van der Waals surface area contributed by atoms with Crippen LogP contribution in [-0.4, -0.2) is 25.0 Å². The lowest BCUT2D eigenvalue weighted by Gasteiger charge is -2.15. The molecule has 0 aromatic heterocycles. The molecule has 0 fully saturated rings. The Morgan fingerprint density at radius 1 is 1.00 bits per heavy atom. The molecule has 0 amide bonds. The van der Waals surface area contributed by atoms with Gasteiger partial charge in [-0.15, -0.1) is 0 Å². The zero-order chi connectivity index (χ0) is 10.6. The molecular formula is C13H27N. The van der Waals surface area contributed by atoms with E-state index in [2.05, 4.69) is 37.9 Å². The van der Waals surface area contributed by atoms with Crippen LogP contribution in [-0.2, 0) is 0 Å². The molecule has 0 rings (SSSR count). The van der Waals surface area contributed by atoms with Crippen LogP contribution >= 0.6 is 0 Å². The average Bonchev–Trinajstić information content (AvgIpc) is 2.19. The van der Waals surface area contributed by atoms with Crippen molar-refractivity contribution in [3.63, 3.8) is 0 Å². The van der Waals surface area contributed by atoms with Gasteiger partial charge in [0.25, 0.3) is 0 Å². The molecule has 0 spiro atoms. The van der Waals surface area contributed by atoms with Crippen molar-refractivity contribution < 1.29 is 0 Å². The molecule has 0 aliphatic rings. The number of rotatable bonds is 9. The second-order valence-corrected chi connectivity index (χ2v) is 4.08. The minimum absolute atomic E-state index is 1.23. The minimum Gasteiger partial charge on any atom is -0.306 e. The van der Waals surface area contributed by atoms with Crippen molar-refractivity contribution in [2.75, 3.05) is 20.1 Å². The molecule has 0 aromatic rings. The molecule has 14 heavy (non-hydrogen) atoms. The maximum Gasteiger partial charge on any atom is -0.00188 e. The number of nitrogens with zero attached hydrogens (tertiary/aromatic N) is 1. The van der Waals surface area contributed by atoms with Crippen LogP contribution in [0.15, 0.2) is 12.2 Å². The molecular weight excluding hydrogens is 170 g/mol. The highest BCUT2D eigenvalue weighted by Gasteiger charge is 1.96. The Hall–Kier alpha value is -0.300. The van der Waals surface area contributed by atoms with Crippen molar-refractivity contribution in [3.8, 4) is 0 Å². The molecule has 0 saturated heterocycles. The number of allylic oxidation sites excluding steroid dienone is 2. The third-order valence-corrected chi connectivity index (χ3v) is 2.54. The monoisotopic (exact) mass is 197 g/mol. The summed E-state index contributed by atoms with van der Waals surface area (Å²) < 4.78 is 0. The van der Waals surface area contributed by atoms with Crippen molar-refractivity contribution in [2.24, 2.45) is 0 Å². The van der Waals surface area contributed by atoms with Gasteiger partial charge in [-0.3, -0.25) is 0 Å². The molecule has 0 bridgehead atoms. The molecule has 0 saturated carbocycles. The molecule has 0 aliphatic carbocycles. The molecule has 1 nitrogen and oxygen atoms in total. The first-order chi connectivity index (χ1) is 6.81. The second-order valence-electron chi connectivity index (χ2n) is 4.08. The topological polar surface area (TPSA) is 3.24 Å². The van der Waals surface area contributed by atoms with E-state index in [1.54, 1.807) is 0 Å². The van der Waals surface area contributed by atoms with Gasteiger partial charge in [0.05, 0.1) is 0 Å². The van der Waals surface area contributed by atoms with Crippen LogP contribution in [0.5, 0.6) is 0 Å². The van der Waals surface area contributed by atoms with E-state index in [1.165, 1.54) is 51.6 Å². The quantitative estimate of drug-likeness (QED) is 0.401. The third kappa shape index (κ3) is 9.79. The summed E-state index contributed by atoms with van der Waals surface area (Å²) >= 11 is 0. The Bertz CT molecular complexity index is 129. The maximum absolute atomic E-state index is 2.46. The van der Waals surface area contributed by atoms with Gasteiger partial charge in [0, 0.05) is 0 Å². The van der Waals surface area contributed by atoms with E-state index in [1.807, 2.05) is 0 Å². The van der Waals surface area contributed by atoms with E-state index in [9.17, 15) is 0 Å². The van der Waals surface area contributed by atoms with Gasteiger partial charge >= 0.3 is 0 Å². The SMILES string of the molecule is C/C=C/CCCN(C)CCCCCC. The van der Waals surface area contributed by atoms with Gasteiger partial charge in [0.1, 0.15) is 0 Å². The fraction of sp³-hybridized carbons (Fsp3) is 0.846. The normalized spacial score (nSPS) is 11.7. The zero-order valence-electron chi connectivity index (χ0n) is 10.3. The lowest BCUT2D eigenvalue weighted by Crippen LogP contribution is -2.20. The third-order valence-electron chi connectivity index (χ3n) is 2.54. The Morgan fingerprint density at radius 2 is 1.71 bits per heavy atom. The van der Waals surface area contributed by atoms with Gasteiger partial charge in [-0.25, -0.2) is 0 Å². The Labute approximate surface area is 90.2 Å². The van der Waals surface area contributed by atoms with Crippen LogP contribution in [0.2, 0.25) is 0 Å². The van der Waals surface area contributed by atoms with Gasteiger partial charge in [0.2, 0.25) is 0 Å². The van der Waals surface area contributed by atoms with Crippen molar-refractivity contribution in [1.82, 2.24) is 4.90 Å². The summed E-state index contributed by atoms with van der Waals surface area (Å²) in [6.07, 6.45) is 12.4. The first-order valence-electron chi connectivity index (χ1n) is 6.11. The van der Waals surface area contributed by atoms with E-state index >= 15 is 0 Å². The van der Waals surface area contributed by atoms with Crippen LogP contribution in [0.1, 0.15) is 52.4 Å². The number of hydrogen-bond donors (Lipinski definition) is 0. The van der Waals surface area contributed by atoms with Crippen LogP contribution in [0.25, 0.3) is 0 Å². The molecule has 0 unspecified atom stereocenters. The summed E-state index contributed by atoms with van der Waals surface area (Å²) in [5.41, 5.74) is 0. The summed E-state index contributed by atoms with van der Waals surface area (Å²) in [5, 5.41) is 0. The summed E-state index contributed by atoms with van der Waals surface area (Å²) in [6.45, 7) is 6.88. The molecule has 0 atom stereocenters. The predicted molar refractivity (Wildman–Crippen MR) is 65.7 cm³/mol. The molecule has 1 heteroatoms. The molecule has 0 N–H and O–H groups in total. The molecule has 0 heterocycles. The van der Waals surface area contributed by atoms with E-state index in [4.69, 9.17) is 0 Å². The first-order valence-corrected chi connectivity index (χ1v) is 6.11.